The summed E-state index contributed by atoms with van der Waals surface area (Å²) < 4.78 is 47.7. The SMILES string of the molecule is O=C1CCc2c(OC[C@H]3CCN(c4cc(F)c(Cl)cc4F)C[C@@H]3O)ccc(F)c2N1. The fourth-order valence-corrected chi connectivity index (χ4v) is 4.05. The summed E-state index contributed by atoms with van der Waals surface area (Å²) in [5, 5.41) is 12.8. The van der Waals surface area contributed by atoms with Crippen molar-refractivity contribution in [2.45, 2.75) is 25.4 Å². The molecular formula is C21H20ClF3N2O3. The lowest BCUT2D eigenvalue weighted by Crippen LogP contribution is -2.46. The zero-order chi connectivity index (χ0) is 21.4. The number of hydrogen-bond acceptors (Lipinski definition) is 4. The van der Waals surface area contributed by atoms with Crippen LogP contribution in [-0.2, 0) is 11.2 Å². The van der Waals surface area contributed by atoms with Gasteiger partial charge in [-0.05, 0) is 31.0 Å². The molecule has 0 aliphatic carbocycles. The molecule has 4 rings (SSSR count). The molecular weight excluding hydrogens is 421 g/mol. The number of halogens is 4. The minimum atomic E-state index is -0.826. The van der Waals surface area contributed by atoms with Crippen LogP contribution < -0.4 is 15.0 Å². The zero-order valence-electron chi connectivity index (χ0n) is 15.9. The Bertz CT molecular complexity index is 988. The van der Waals surface area contributed by atoms with E-state index in [0.29, 0.717) is 30.7 Å². The molecule has 2 aromatic rings. The average molecular weight is 441 g/mol. The number of aliphatic hydroxyl groups excluding tert-OH is 1. The van der Waals surface area contributed by atoms with Gasteiger partial charge in [0, 0.05) is 37.1 Å². The molecule has 30 heavy (non-hydrogen) atoms. The molecule has 0 aromatic heterocycles. The second kappa shape index (κ2) is 8.35. The maximum absolute atomic E-state index is 14.2. The van der Waals surface area contributed by atoms with Gasteiger partial charge in [-0.25, -0.2) is 13.2 Å². The Hall–Kier alpha value is -2.45. The predicted octanol–water partition coefficient (Wildman–Crippen LogP) is 3.91. The second-order valence-corrected chi connectivity index (χ2v) is 7.95. The molecule has 0 spiro atoms. The van der Waals surface area contributed by atoms with Crippen molar-refractivity contribution < 1.29 is 27.8 Å². The lowest BCUT2D eigenvalue weighted by molar-refractivity contribution is -0.116. The van der Waals surface area contributed by atoms with Gasteiger partial charge in [0.25, 0.3) is 0 Å². The molecule has 1 fully saturated rings. The number of rotatable bonds is 4. The summed E-state index contributed by atoms with van der Waals surface area (Å²) in [6, 6.07) is 4.69. The van der Waals surface area contributed by atoms with Crippen LogP contribution in [0.5, 0.6) is 5.75 Å². The third kappa shape index (κ3) is 4.06. The summed E-state index contributed by atoms with van der Waals surface area (Å²) in [6.07, 6.45) is 0.284. The summed E-state index contributed by atoms with van der Waals surface area (Å²) in [5.41, 5.74) is 0.790. The number of fused-ring (bicyclic) bond motifs is 1. The highest BCUT2D eigenvalue weighted by atomic mass is 35.5. The van der Waals surface area contributed by atoms with E-state index in [1.54, 1.807) is 4.90 Å². The summed E-state index contributed by atoms with van der Waals surface area (Å²) in [5.74, 6) is -1.90. The Morgan fingerprint density at radius 3 is 2.73 bits per heavy atom. The van der Waals surface area contributed by atoms with Gasteiger partial charge in [-0.1, -0.05) is 11.6 Å². The molecule has 2 atom stereocenters. The minimum Gasteiger partial charge on any atom is -0.493 e. The summed E-state index contributed by atoms with van der Waals surface area (Å²) in [4.78, 5) is 13.1. The van der Waals surface area contributed by atoms with Crippen molar-refractivity contribution in [2.24, 2.45) is 5.92 Å². The van der Waals surface area contributed by atoms with Crippen molar-refractivity contribution in [3.05, 3.63) is 52.3 Å². The van der Waals surface area contributed by atoms with Crippen LogP contribution in [0.3, 0.4) is 0 Å². The van der Waals surface area contributed by atoms with E-state index in [1.807, 2.05) is 0 Å². The van der Waals surface area contributed by atoms with E-state index in [2.05, 4.69) is 5.32 Å². The number of ether oxygens (including phenoxy) is 1. The van der Waals surface area contributed by atoms with E-state index in [0.717, 1.165) is 12.1 Å². The monoisotopic (exact) mass is 440 g/mol. The molecule has 1 amide bonds. The normalized spacial score (nSPS) is 21.2. The molecule has 9 heteroatoms. The number of carbonyl (C=O) groups is 1. The van der Waals surface area contributed by atoms with Gasteiger partial charge >= 0.3 is 0 Å². The minimum absolute atomic E-state index is 0.0543. The quantitative estimate of drug-likeness (QED) is 0.708. The van der Waals surface area contributed by atoms with Crippen LogP contribution in [0.1, 0.15) is 18.4 Å². The van der Waals surface area contributed by atoms with Crippen LogP contribution in [0.4, 0.5) is 24.5 Å². The number of β-amino-alcohol motifs (C(OH)–C–C–N with tert-alkyl or cyclic N) is 1. The first-order valence-corrected chi connectivity index (χ1v) is 10.0. The highest BCUT2D eigenvalue weighted by Gasteiger charge is 2.31. The predicted molar refractivity (Wildman–Crippen MR) is 107 cm³/mol. The van der Waals surface area contributed by atoms with Gasteiger partial charge in [-0.3, -0.25) is 4.79 Å². The molecule has 0 bridgehead atoms. The Morgan fingerprint density at radius 2 is 1.97 bits per heavy atom. The molecule has 0 radical (unpaired) electrons. The fourth-order valence-electron chi connectivity index (χ4n) is 3.90. The van der Waals surface area contributed by atoms with Gasteiger partial charge in [-0.15, -0.1) is 0 Å². The van der Waals surface area contributed by atoms with E-state index >= 15 is 0 Å². The van der Waals surface area contributed by atoms with Gasteiger partial charge in [0.05, 0.1) is 29.1 Å². The molecule has 2 aromatic carbocycles. The van der Waals surface area contributed by atoms with Crippen molar-refractivity contribution in [1.29, 1.82) is 0 Å². The Kier molecular flexibility index (Phi) is 5.79. The maximum Gasteiger partial charge on any atom is 0.224 e. The molecule has 2 aliphatic rings. The van der Waals surface area contributed by atoms with E-state index in [1.165, 1.54) is 12.1 Å². The first-order chi connectivity index (χ1) is 14.3. The summed E-state index contributed by atoms with van der Waals surface area (Å²) in [6.45, 7) is 0.697. The molecule has 0 unspecified atom stereocenters. The van der Waals surface area contributed by atoms with E-state index in [4.69, 9.17) is 16.3 Å². The number of piperidine rings is 1. The first-order valence-electron chi connectivity index (χ1n) is 9.65. The van der Waals surface area contributed by atoms with Gasteiger partial charge in [0.2, 0.25) is 5.91 Å². The standard InChI is InChI=1S/C21H20ClF3N2O3/c22-13-7-16(25)17(8-15(13)24)27-6-5-11(18(28)9-27)10-30-19-3-2-14(23)21-12(19)1-4-20(29)26-21/h2-3,7-8,11,18,28H,1,4-6,9-10H2,(H,26,29)/t11-,18+/m1/s1. The molecule has 2 heterocycles. The van der Waals surface area contributed by atoms with Gasteiger partial charge in [0.15, 0.2) is 0 Å². The number of carbonyl (C=O) groups excluding carboxylic acids is 1. The number of benzene rings is 2. The summed E-state index contributed by atoms with van der Waals surface area (Å²) >= 11 is 5.60. The maximum atomic E-state index is 14.2. The third-order valence-corrected chi connectivity index (χ3v) is 5.88. The van der Waals surface area contributed by atoms with Crippen LogP contribution in [0.2, 0.25) is 5.02 Å². The molecule has 0 saturated carbocycles. The number of anilines is 2. The van der Waals surface area contributed by atoms with E-state index < -0.39 is 23.6 Å². The summed E-state index contributed by atoms with van der Waals surface area (Å²) in [7, 11) is 0. The van der Waals surface area contributed by atoms with Gasteiger partial charge in [0.1, 0.15) is 23.2 Å². The average Bonchev–Trinajstić information content (AvgIpc) is 2.71. The highest BCUT2D eigenvalue weighted by Crippen LogP contribution is 2.35. The molecule has 1 saturated heterocycles. The van der Waals surface area contributed by atoms with Crippen molar-refractivity contribution >= 4 is 28.9 Å². The number of nitrogens with one attached hydrogen (secondary N) is 1. The first kappa shape index (κ1) is 20.8. The van der Waals surface area contributed by atoms with Crippen molar-refractivity contribution in [2.75, 3.05) is 29.9 Å². The van der Waals surface area contributed by atoms with Crippen LogP contribution in [0.25, 0.3) is 0 Å². The van der Waals surface area contributed by atoms with Crippen LogP contribution in [0, 0.1) is 23.4 Å². The fraction of sp³-hybridized carbons (Fsp3) is 0.381. The molecule has 5 nitrogen and oxygen atoms in total. The van der Waals surface area contributed by atoms with Crippen LogP contribution in [-0.4, -0.2) is 36.8 Å². The molecule has 2 aliphatic heterocycles. The lowest BCUT2D eigenvalue weighted by atomic mass is 9.94. The van der Waals surface area contributed by atoms with Gasteiger partial charge in [-0.2, -0.15) is 0 Å². The van der Waals surface area contributed by atoms with E-state index in [9.17, 15) is 23.1 Å². The van der Waals surface area contributed by atoms with Crippen molar-refractivity contribution in [1.82, 2.24) is 0 Å². The number of hydrogen-bond donors (Lipinski definition) is 2. The largest absolute Gasteiger partial charge is 0.493 e. The van der Waals surface area contributed by atoms with Crippen molar-refractivity contribution in [3.8, 4) is 5.75 Å². The Morgan fingerprint density at radius 1 is 1.17 bits per heavy atom. The molecule has 160 valence electrons. The number of aliphatic hydroxyl groups is 1. The third-order valence-electron chi connectivity index (χ3n) is 5.59. The Balaban J connectivity index is 1.42. The van der Waals surface area contributed by atoms with Crippen molar-refractivity contribution in [3.63, 3.8) is 0 Å². The lowest BCUT2D eigenvalue weighted by Gasteiger charge is -2.37. The van der Waals surface area contributed by atoms with Crippen LogP contribution >= 0.6 is 11.6 Å². The van der Waals surface area contributed by atoms with Gasteiger partial charge < -0.3 is 20.1 Å². The number of amides is 1. The highest BCUT2D eigenvalue weighted by molar-refractivity contribution is 6.30. The van der Waals surface area contributed by atoms with Crippen LogP contribution in [0.15, 0.2) is 24.3 Å². The second-order valence-electron chi connectivity index (χ2n) is 7.54. The molecule has 2 N–H and O–H groups in total. The number of nitrogens with zero attached hydrogens (tertiary/aromatic N) is 1. The smallest absolute Gasteiger partial charge is 0.224 e. The Labute approximate surface area is 176 Å². The van der Waals surface area contributed by atoms with E-state index in [-0.39, 0.29) is 47.8 Å². The topological polar surface area (TPSA) is 61.8 Å². The zero-order valence-corrected chi connectivity index (χ0v) is 16.7.